The summed E-state index contributed by atoms with van der Waals surface area (Å²) in [6.45, 7) is 2.34. The SMILES string of the molecule is O=C(O)N(CCCNCc1ccco1)Cc1ccc2c(c1)OCO2. The number of fused-ring (bicyclic) bond motifs is 1. The van der Waals surface area contributed by atoms with Crippen molar-refractivity contribution in [1.29, 1.82) is 0 Å². The molecule has 2 heterocycles. The zero-order valence-corrected chi connectivity index (χ0v) is 13.2. The quantitative estimate of drug-likeness (QED) is 0.723. The lowest BCUT2D eigenvalue weighted by Crippen LogP contribution is -2.31. The van der Waals surface area contributed by atoms with Gasteiger partial charge in [0.2, 0.25) is 6.79 Å². The van der Waals surface area contributed by atoms with E-state index in [2.05, 4.69) is 5.32 Å². The number of ether oxygens (including phenoxy) is 2. The standard InChI is InChI=1S/C17H20N2O5/c20-17(21)19(7-2-6-18-10-14-3-1-8-22-14)11-13-4-5-15-16(9-13)24-12-23-15/h1,3-5,8-9,18H,2,6-7,10-12H2,(H,20,21). The summed E-state index contributed by atoms with van der Waals surface area (Å²) in [6, 6.07) is 9.24. The summed E-state index contributed by atoms with van der Waals surface area (Å²) >= 11 is 0. The molecule has 0 saturated heterocycles. The Morgan fingerprint density at radius 1 is 1.25 bits per heavy atom. The van der Waals surface area contributed by atoms with Crippen molar-refractivity contribution in [2.24, 2.45) is 0 Å². The topological polar surface area (TPSA) is 84.2 Å². The molecule has 0 atom stereocenters. The second kappa shape index (κ2) is 7.74. The fourth-order valence-electron chi connectivity index (χ4n) is 2.52. The zero-order valence-electron chi connectivity index (χ0n) is 13.2. The van der Waals surface area contributed by atoms with Crippen molar-refractivity contribution < 1.29 is 23.8 Å². The first-order chi connectivity index (χ1) is 11.7. The Kier molecular flexibility index (Phi) is 5.22. The van der Waals surface area contributed by atoms with Gasteiger partial charge < -0.3 is 29.2 Å². The largest absolute Gasteiger partial charge is 0.468 e. The first-order valence-corrected chi connectivity index (χ1v) is 7.82. The van der Waals surface area contributed by atoms with Crippen LogP contribution in [0.15, 0.2) is 41.0 Å². The average molecular weight is 332 g/mol. The minimum atomic E-state index is -0.932. The third-order valence-corrected chi connectivity index (χ3v) is 3.74. The Morgan fingerprint density at radius 3 is 2.92 bits per heavy atom. The first kappa shape index (κ1) is 16.2. The van der Waals surface area contributed by atoms with Crippen LogP contribution in [0.2, 0.25) is 0 Å². The maximum absolute atomic E-state index is 11.4. The lowest BCUT2D eigenvalue weighted by Gasteiger charge is -2.19. The maximum atomic E-state index is 11.4. The molecule has 7 nitrogen and oxygen atoms in total. The van der Waals surface area contributed by atoms with Crippen LogP contribution in [0.4, 0.5) is 4.79 Å². The normalized spacial score (nSPS) is 12.3. The van der Waals surface area contributed by atoms with Crippen LogP contribution in [0, 0.1) is 0 Å². The monoisotopic (exact) mass is 332 g/mol. The van der Waals surface area contributed by atoms with Gasteiger partial charge in [-0.2, -0.15) is 0 Å². The Bertz CT molecular complexity index is 672. The van der Waals surface area contributed by atoms with E-state index in [-0.39, 0.29) is 6.79 Å². The molecule has 0 spiro atoms. The predicted molar refractivity (Wildman–Crippen MR) is 86.0 cm³/mol. The van der Waals surface area contributed by atoms with E-state index in [4.69, 9.17) is 13.9 Å². The van der Waals surface area contributed by atoms with Crippen LogP contribution in [0.5, 0.6) is 11.5 Å². The van der Waals surface area contributed by atoms with Crippen molar-refractivity contribution in [3.05, 3.63) is 47.9 Å². The molecule has 2 aromatic rings. The van der Waals surface area contributed by atoms with Crippen LogP contribution in [0.3, 0.4) is 0 Å². The lowest BCUT2D eigenvalue weighted by atomic mass is 10.2. The van der Waals surface area contributed by atoms with E-state index in [0.717, 1.165) is 17.7 Å². The van der Waals surface area contributed by atoms with Gasteiger partial charge in [0.1, 0.15) is 5.76 Å². The summed E-state index contributed by atoms with van der Waals surface area (Å²) in [4.78, 5) is 12.8. The Labute approximate surface area is 139 Å². The Balaban J connectivity index is 1.45. The van der Waals surface area contributed by atoms with E-state index in [1.165, 1.54) is 4.90 Å². The molecule has 0 bridgehead atoms. The van der Waals surface area contributed by atoms with E-state index < -0.39 is 6.09 Å². The molecule has 0 radical (unpaired) electrons. The highest BCUT2D eigenvalue weighted by Crippen LogP contribution is 2.32. The number of carbonyl (C=O) groups is 1. The number of furan rings is 1. The van der Waals surface area contributed by atoms with Gasteiger partial charge in [0.25, 0.3) is 0 Å². The van der Waals surface area contributed by atoms with Crippen molar-refractivity contribution in [1.82, 2.24) is 10.2 Å². The number of carboxylic acid groups (broad SMARTS) is 1. The molecule has 128 valence electrons. The number of hydrogen-bond donors (Lipinski definition) is 2. The third kappa shape index (κ3) is 4.20. The molecule has 0 saturated carbocycles. The Hall–Kier alpha value is -2.67. The minimum absolute atomic E-state index is 0.211. The van der Waals surface area contributed by atoms with Crippen LogP contribution in [-0.4, -0.2) is 36.0 Å². The lowest BCUT2D eigenvalue weighted by molar-refractivity contribution is 0.141. The van der Waals surface area contributed by atoms with E-state index in [1.54, 1.807) is 6.26 Å². The van der Waals surface area contributed by atoms with Crippen LogP contribution in [0.25, 0.3) is 0 Å². The number of rotatable bonds is 8. The molecular weight excluding hydrogens is 312 g/mol. The second-order valence-corrected chi connectivity index (χ2v) is 5.50. The molecule has 2 N–H and O–H groups in total. The zero-order chi connectivity index (χ0) is 16.8. The highest BCUT2D eigenvalue weighted by atomic mass is 16.7. The van der Waals surface area contributed by atoms with Crippen molar-refractivity contribution in [3.8, 4) is 11.5 Å². The molecule has 1 aliphatic heterocycles. The van der Waals surface area contributed by atoms with E-state index in [9.17, 15) is 9.90 Å². The van der Waals surface area contributed by atoms with Crippen molar-refractivity contribution in [2.75, 3.05) is 19.9 Å². The molecule has 3 rings (SSSR count). The van der Waals surface area contributed by atoms with E-state index >= 15 is 0 Å². The molecular formula is C17H20N2O5. The number of nitrogens with zero attached hydrogens (tertiary/aromatic N) is 1. The van der Waals surface area contributed by atoms with Crippen LogP contribution < -0.4 is 14.8 Å². The number of hydrogen-bond acceptors (Lipinski definition) is 5. The second-order valence-electron chi connectivity index (χ2n) is 5.50. The molecule has 1 aromatic heterocycles. The summed E-state index contributed by atoms with van der Waals surface area (Å²) in [5.41, 5.74) is 0.880. The van der Waals surface area contributed by atoms with Gasteiger partial charge in [-0.15, -0.1) is 0 Å². The molecule has 1 aromatic carbocycles. The fourth-order valence-corrected chi connectivity index (χ4v) is 2.52. The minimum Gasteiger partial charge on any atom is -0.468 e. The van der Waals surface area contributed by atoms with Gasteiger partial charge in [0, 0.05) is 13.1 Å². The number of nitrogens with one attached hydrogen (secondary N) is 1. The molecule has 0 aliphatic carbocycles. The van der Waals surface area contributed by atoms with Crippen molar-refractivity contribution in [2.45, 2.75) is 19.5 Å². The average Bonchev–Trinajstić information content (AvgIpc) is 3.24. The predicted octanol–water partition coefficient (Wildman–Crippen LogP) is 2.67. The summed E-state index contributed by atoms with van der Waals surface area (Å²) in [5.74, 6) is 2.23. The molecule has 7 heteroatoms. The van der Waals surface area contributed by atoms with Crippen LogP contribution in [-0.2, 0) is 13.1 Å². The smallest absolute Gasteiger partial charge is 0.407 e. The third-order valence-electron chi connectivity index (χ3n) is 3.74. The number of amides is 1. The summed E-state index contributed by atoms with van der Waals surface area (Å²) < 4.78 is 15.8. The van der Waals surface area contributed by atoms with Gasteiger partial charge in [-0.25, -0.2) is 4.79 Å². The molecule has 1 amide bonds. The van der Waals surface area contributed by atoms with Gasteiger partial charge >= 0.3 is 6.09 Å². The van der Waals surface area contributed by atoms with E-state index in [1.807, 2.05) is 30.3 Å². The van der Waals surface area contributed by atoms with Gasteiger partial charge in [-0.3, -0.25) is 0 Å². The Morgan fingerprint density at radius 2 is 2.12 bits per heavy atom. The van der Waals surface area contributed by atoms with Gasteiger partial charge in [0.05, 0.1) is 12.8 Å². The fraction of sp³-hybridized carbons (Fsp3) is 0.353. The molecule has 24 heavy (non-hydrogen) atoms. The van der Waals surface area contributed by atoms with Gasteiger partial charge in [0.15, 0.2) is 11.5 Å². The van der Waals surface area contributed by atoms with Gasteiger partial charge in [-0.1, -0.05) is 6.07 Å². The van der Waals surface area contributed by atoms with Crippen LogP contribution in [0.1, 0.15) is 17.7 Å². The summed E-state index contributed by atoms with van der Waals surface area (Å²) in [5, 5.41) is 12.6. The molecule has 0 fully saturated rings. The van der Waals surface area contributed by atoms with Gasteiger partial charge in [-0.05, 0) is 42.8 Å². The highest BCUT2D eigenvalue weighted by molar-refractivity contribution is 5.65. The molecule has 0 unspecified atom stereocenters. The highest BCUT2D eigenvalue weighted by Gasteiger charge is 2.16. The maximum Gasteiger partial charge on any atom is 0.407 e. The molecule has 1 aliphatic rings. The van der Waals surface area contributed by atoms with Crippen molar-refractivity contribution in [3.63, 3.8) is 0 Å². The van der Waals surface area contributed by atoms with Crippen molar-refractivity contribution >= 4 is 6.09 Å². The number of benzene rings is 1. The summed E-state index contributed by atoms with van der Waals surface area (Å²) in [6.07, 6.45) is 1.42. The first-order valence-electron chi connectivity index (χ1n) is 7.82. The summed E-state index contributed by atoms with van der Waals surface area (Å²) in [7, 11) is 0. The van der Waals surface area contributed by atoms with Crippen LogP contribution >= 0.6 is 0 Å². The van der Waals surface area contributed by atoms with E-state index in [0.29, 0.717) is 37.7 Å².